The second kappa shape index (κ2) is 65.1. The maximum absolute atomic E-state index is 16.9. The van der Waals surface area contributed by atoms with E-state index < -0.39 is 41.6 Å². The van der Waals surface area contributed by atoms with Crippen molar-refractivity contribution in [3.63, 3.8) is 0 Å². The first kappa shape index (κ1) is 114. The first-order chi connectivity index (χ1) is 62.0. The van der Waals surface area contributed by atoms with Crippen LogP contribution < -0.4 is 2.89 Å². The van der Waals surface area contributed by atoms with Gasteiger partial charge in [0, 0.05) is 39.0 Å². The molecule has 0 saturated carbocycles. The molecular formula is C106H163Br2F4N4P3S8Sn. The van der Waals surface area contributed by atoms with E-state index in [9.17, 15) is 0 Å². The number of nitrogens with zero attached hydrogens (tertiary/aromatic N) is 4. The van der Waals surface area contributed by atoms with Crippen LogP contribution in [-0.4, -0.2) is 35.9 Å². The molecule has 0 aliphatic carbocycles. The minimum Gasteiger partial charge on any atom is -0.110 e. The molecule has 0 N–H and O–H groups in total. The van der Waals surface area contributed by atoms with Gasteiger partial charge >= 0.3 is 71.4 Å². The summed E-state index contributed by atoms with van der Waals surface area (Å²) in [7, 11) is 6.06. The number of halogens is 6. The van der Waals surface area contributed by atoms with Crippen LogP contribution >= 0.6 is 149 Å². The molecule has 6 unspecified atom stereocenters. The van der Waals surface area contributed by atoms with E-state index in [-0.39, 0.29) is 22.3 Å². The predicted octanol–water partition coefficient (Wildman–Crippen LogP) is 42.1. The number of aromatic nitrogens is 4. The Bertz CT molecular complexity index is 4550. The number of aryl methyl sites for hydroxylation is 3. The standard InChI is InChI=1S/C52H76F2N2S4.C46H68Br2F2N2S3.C5H5S.3CH3.H5P3.Sn/c1-7-11-15-19-21-25-28-39(27-23-17-13-9-3)34-41-36-45(59-52(41)42-32-31-38(6)57-42)47-49(54)48(53)46(50-51(47)56-60-55-50)44-33-37(5)43(58-44)35-40(29-24-18-14-10-4)30-26-22-20-16-12-8-2;1-5-9-13-17-19-23-27-33(25-21-15-11-7-3)29-35-31-37(53-45(35)47)39-41(49)42(50)40(44-43(39)51-55-52-44)38-32-36(46(48)54-38)30-34(26-22-16-12-8-4)28-24-20-18-14-10-6-2;1-5-3-2-4-6-5;;;;1-3-2;/h31-33,36,39-40H,7-30,34-35H2,1-6H3;31-34H,5-30H2,1-4H3;2-3H,1H3;3*1H3;3H,1-2H2;. The molecule has 22 heteroatoms. The Morgan fingerprint density at radius 2 is 0.586 bits per heavy atom. The SMILES string of the molecule is CCCCCCCCC(CCCCCC)Cc1cc(-c2c(F)c(F)c(-c3cc(C)c(CC(CCCCCC)CCCCCCCC)s3)c3nsnc23)sc1-c1ccc(C)s1.CCCCCCCCC(CCCCCC)Cc1cc(-c2c(F)c(F)c(-c3cc(CC(CCCCCC)CCCCCCCC)c(Br)s3)c3nsnc23)sc1Br.Cc1cc[c]([Sn]([CH3])([CH3])[CH3])s1.PPP. The molecule has 10 rings (SSSR count). The van der Waals surface area contributed by atoms with Crippen molar-refractivity contribution in [2.45, 2.75) is 425 Å². The Hall–Kier alpha value is -0.951. The molecule has 0 radical (unpaired) electrons. The molecular weight excluding hydrogens is 2030 g/mol. The van der Waals surface area contributed by atoms with Crippen LogP contribution in [0.25, 0.3) is 73.6 Å². The third kappa shape index (κ3) is 38.7. The van der Waals surface area contributed by atoms with Crippen LogP contribution in [0.4, 0.5) is 17.6 Å². The van der Waals surface area contributed by atoms with Gasteiger partial charge in [0.1, 0.15) is 22.1 Å². The fraction of sp³-hybridized carbons (Fsp3) is 0.660. The molecule has 0 bridgehead atoms. The van der Waals surface area contributed by atoms with Gasteiger partial charge in [0.05, 0.1) is 53.3 Å². The number of rotatable bonds is 62. The summed E-state index contributed by atoms with van der Waals surface area (Å²) >= 11 is 18.2. The summed E-state index contributed by atoms with van der Waals surface area (Å²) in [5.41, 5.74) is 7.82. The van der Waals surface area contributed by atoms with Crippen molar-refractivity contribution >= 4 is 192 Å². The molecule has 0 aliphatic rings. The van der Waals surface area contributed by atoms with Gasteiger partial charge < -0.3 is 0 Å². The smallest absolute Gasteiger partial charge is 0.0833 e. The monoisotopic (exact) mass is 2190 g/mol. The maximum Gasteiger partial charge on any atom is -0.0833 e. The summed E-state index contributed by atoms with van der Waals surface area (Å²) < 4.78 is 89.1. The summed E-state index contributed by atoms with van der Waals surface area (Å²) in [6.07, 6.45) is 65.4. The number of fused-ring (bicyclic) bond motifs is 2. The van der Waals surface area contributed by atoms with E-state index in [1.54, 1.807) is 36.9 Å². The average Bonchev–Trinajstić information content (AvgIpc) is 1.58. The van der Waals surface area contributed by atoms with Crippen molar-refractivity contribution in [2.75, 3.05) is 0 Å². The van der Waals surface area contributed by atoms with E-state index in [4.69, 9.17) is 8.75 Å². The first-order valence-corrected chi connectivity index (χ1v) is 72.9. The van der Waals surface area contributed by atoms with Gasteiger partial charge in [-0.1, -0.05) is 372 Å². The van der Waals surface area contributed by atoms with Crippen LogP contribution in [0.2, 0.25) is 14.8 Å². The second-order valence-electron chi connectivity index (χ2n) is 37.8. The molecule has 0 aliphatic heterocycles. The maximum atomic E-state index is 16.9. The van der Waals surface area contributed by atoms with Crippen LogP contribution in [0.1, 0.15) is 400 Å². The van der Waals surface area contributed by atoms with Gasteiger partial charge in [-0.25, -0.2) is 17.6 Å². The Morgan fingerprint density at radius 1 is 0.320 bits per heavy atom. The number of hydrogen-bond donors (Lipinski definition) is 0. The summed E-state index contributed by atoms with van der Waals surface area (Å²) in [5.74, 6) is -0.818. The Labute approximate surface area is 835 Å². The predicted molar refractivity (Wildman–Crippen MR) is 592 cm³/mol. The number of benzene rings is 2. The van der Waals surface area contributed by atoms with Crippen LogP contribution in [0, 0.1) is 67.7 Å². The zero-order valence-electron chi connectivity index (χ0n) is 81.2. The zero-order chi connectivity index (χ0) is 92.6. The third-order valence-corrected chi connectivity index (χ3v) is 44.8. The summed E-state index contributed by atoms with van der Waals surface area (Å²) in [6, 6.07) is 17.4. The molecule has 0 spiro atoms. The summed E-state index contributed by atoms with van der Waals surface area (Å²) in [6.45, 7) is 24.7. The number of hydrogen-bond acceptors (Lipinski definition) is 12. The average molecular weight is 2200 g/mol. The largest absolute Gasteiger partial charge is 0.110 e. The van der Waals surface area contributed by atoms with Crippen LogP contribution in [0.15, 0.2) is 56.1 Å². The van der Waals surface area contributed by atoms with Crippen molar-refractivity contribution in [1.29, 1.82) is 0 Å². The molecule has 0 fully saturated rings. The molecule has 0 saturated heterocycles. The van der Waals surface area contributed by atoms with Gasteiger partial charge in [0.15, 0.2) is 23.3 Å². The van der Waals surface area contributed by atoms with Gasteiger partial charge in [-0.3, -0.25) is 0 Å². The fourth-order valence-corrected chi connectivity index (χ4v) is 33.0. The van der Waals surface area contributed by atoms with Gasteiger partial charge in [-0.05, 0) is 154 Å². The van der Waals surface area contributed by atoms with E-state index in [1.807, 2.05) is 11.3 Å². The molecule has 4 nitrogen and oxygen atoms in total. The van der Waals surface area contributed by atoms with Crippen LogP contribution in [0.3, 0.4) is 0 Å². The Morgan fingerprint density at radius 3 is 0.875 bits per heavy atom. The van der Waals surface area contributed by atoms with E-state index in [0.29, 0.717) is 45.7 Å². The van der Waals surface area contributed by atoms with Crippen LogP contribution in [-0.2, 0) is 25.7 Å². The van der Waals surface area contributed by atoms with Crippen molar-refractivity contribution in [3.8, 4) is 51.5 Å². The minimum atomic E-state index is -1.67. The number of thiophene rings is 6. The van der Waals surface area contributed by atoms with Gasteiger partial charge in [0.25, 0.3) is 0 Å². The van der Waals surface area contributed by atoms with E-state index in [2.05, 4.69) is 198 Å². The van der Waals surface area contributed by atoms with Crippen molar-refractivity contribution in [3.05, 3.63) is 116 Å². The first-order valence-electron chi connectivity index (χ1n) is 50.4. The molecule has 0 amide bonds. The summed E-state index contributed by atoms with van der Waals surface area (Å²) in [5, 5.41) is 0. The summed E-state index contributed by atoms with van der Waals surface area (Å²) in [4.78, 5) is 16.8. The van der Waals surface area contributed by atoms with E-state index >= 15 is 17.6 Å². The van der Waals surface area contributed by atoms with Crippen molar-refractivity contribution in [2.24, 2.45) is 23.7 Å². The van der Waals surface area contributed by atoms with Crippen molar-refractivity contribution < 1.29 is 17.6 Å². The molecule has 8 heterocycles. The van der Waals surface area contributed by atoms with Crippen LogP contribution in [0.5, 0.6) is 0 Å². The topological polar surface area (TPSA) is 51.6 Å². The van der Waals surface area contributed by atoms with Crippen molar-refractivity contribution in [1.82, 2.24) is 17.5 Å². The second-order valence-corrected chi connectivity index (χ2v) is 68.1. The quantitative estimate of drug-likeness (QED) is 0.0165. The number of unbranched alkanes of at least 4 members (excludes halogenated alkanes) is 32. The van der Waals surface area contributed by atoms with Gasteiger partial charge in [-0.2, -0.15) is 17.5 Å². The fourth-order valence-electron chi connectivity index (χ4n) is 18.2. The van der Waals surface area contributed by atoms with E-state index in [0.717, 1.165) is 84.2 Å². The minimum absolute atomic E-state index is 0.249. The molecule has 8 aromatic heterocycles. The van der Waals surface area contributed by atoms with E-state index in [1.165, 1.54) is 378 Å². The molecule has 716 valence electrons. The Balaban J connectivity index is 0.000000308. The Kier molecular flexibility index (Phi) is 58.0. The zero-order valence-corrected chi connectivity index (χ0v) is 97.0. The molecule has 6 atom stereocenters. The molecule has 128 heavy (non-hydrogen) atoms. The molecule has 10 aromatic rings. The third-order valence-electron chi connectivity index (χ3n) is 25.7. The molecule has 2 aromatic carbocycles. The van der Waals surface area contributed by atoms with Gasteiger partial charge in [-0.15, -0.1) is 74.5 Å². The normalized spacial score (nSPS) is 12.7. The van der Waals surface area contributed by atoms with Gasteiger partial charge in [0.2, 0.25) is 0 Å².